The van der Waals surface area contributed by atoms with Gasteiger partial charge in [0.1, 0.15) is 11.8 Å². The van der Waals surface area contributed by atoms with Gasteiger partial charge in [-0.1, -0.05) is 12.2 Å². The molecule has 0 radical (unpaired) electrons. The van der Waals surface area contributed by atoms with Crippen molar-refractivity contribution in [1.82, 2.24) is 10.3 Å². The van der Waals surface area contributed by atoms with Crippen molar-refractivity contribution in [3.63, 3.8) is 0 Å². The van der Waals surface area contributed by atoms with Crippen molar-refractivity contribution < 1.29 is 14.2 Å². The third kappa shape index (κ3) is 6.44. The molecule has 0 bridgehead atoms. The number of nitrogens with one attached hydrogen (secondary N) is 3. The van der Waals surface area contributed by atoms with E-state index in [4.69, 9.17) is 31.8 Å². The van der Waals surface area contributed by atoms with E-state index in [2.05, 4.69) is 21.7 Å². The molecule has 0 amide bonds. The van der Waals surface area contributed by atoms with Gasteiger partial charge in [0, 0.05) is 29.4 Å². The Morgan fingerprint density at radius 3 is 2.74 bits per heavy atom. The Morgan fingerprint density at radius 2 is 2.06 bits per heavy atom. The number of hydrogen-bond donors (Lipinski definition) is 3. The molecule has 2 aromatic carbocycles. The van der Waals surface area contributed by atoms with Crippen LogP contribution in [0.1, 0.15) is 31.2 Å². The summed E-state index contributed by atoms with van der Waals surface area (Å²) in [5, 5.41) is 26.4. The fourth-order valence-corrected chi connectivity index (χ4v) is 3.70. The van der Waals surface area contributed by atoms with Crippen LogP contribution >= 0.6 is 12.2 Å². The lowest BCUT2D eigenvalue weighted by Crippen LogP contribution is -2.19. The van der Waals surface area contributed by atoms with Crippen LogP contribution in [0, 0.1) is 16.7 Å². The predicted octanol–water partition coefficient (Wildman–Crippen LogP) is 5.13. The fraction of sp³-hybridized carbons (Fsp3) is 0.308. The first-order chi connectivity index (χ1) is 17.1. The van der Waals surface area contributed by atoms with Gasteiger partial charge in [-0.25, -0.2) is 0 Å². The van der Waals surface area contributed by atoms with E-state index < -0.39 is 0 Å². The zero-order chi connectivity index (χ0) is 24.6. The van der Waals surface area contributed by atoms with Gasteiger partial charge in [-0.3, -0.25) is 10.4 Å². The molecule has 35 heavy (non-hydrogen) atoms. The molecule has 4 rings (SSSR count). The lowest BCUT2D eigenvalue weighted by atomic mass is 10.1. The van der Waals surface area contributed by atoms with Crippen LogP contribution in [0.2, 0.25) is 0 Å². The molecule has 1 aromatic heterocycles. The summed E-state index contributed by atoms with van der Waals surface area (Å²) in [7, 11) is 1.59. The second-order valence-electron chi connectivity index (χ2n) is 8.15. The van der Waals surface area contributed by atoms with Crippen molar-refractivity contribution in [2.24, 2.45) is 0 Å². The quantitative estimate of drug-likeness (QED) is 0.139. The predicted molar refractivity (Wildman–Crippen MR) is 140 cm³/mol. The molecular formula is C26H27N5O3S. The van der Waals surface area contributed by atoms with Crippen LogP contribution in [-0.4, -0.2) is 42.6 Å². The Labute approximate surface area is 209 Å². The average Bonchev–Trinajstić information content (AvgIpc) is 3.69. The number of anilines is 2. The van der Waals surface area contributed by atoms with E-state index in [-0.39, 0.29) is 12.3 Å². The number of ether oxygens (including phenoxy) is 3. The number of aromatic nitrogens is 1. The van der Waals surface area contributed by atoms with Gasteiger partial charge in [0.25, 0.3) is 0 Å². The summed E-state index contributed by atoms with van der Waals surface area (Å²) >= 11 is 4.76. The van der Waals surface area contributed by atoms with Crippen LogP contribution in [0.25, 0.3) is 10.9 Å². The van der Waals surface area contributed by atoms with Gasteiger partial charge in [-0.2, -0.15) is 5.26 Å². The molecule has 0 unspecified atom stereocenters. The molecule has 3 N–H and O–H groups in total. The molecule has 9 heteroatoms. The number of nitrogens with zero attached hydrogens (tertiary/aromatic N) is 2. The third-order valence-corrected chi connectivity index (χ3v) is 5.66. The van der Waals surface area contributed by atoms with Crippen molar-refractivity contribution in [1.29, 1.82) is 10.7 Å². The van der Waals surface area contributed by atoms with Gasteiger partial charge >= 0.3 is 0 Å². The highest BCUT2D eigenvalue weighted by molar-refractivity contribution is 7.79. The second kappa shape index (κ2) is 11.6. The fourth-order valence-electron chi connectivity index (χ4n) is 3.55. The summed E-state index contributed by atoms with van der Waals surface area (Å²) in [6.07, 6.45) is 5.27. The molecular weight excluding hydrogens is 462 g/mol. The van der Waals surface area contributed by atoms with Gasteiger partial charge in [-0.05, 0) is 61.5 Å². The Bertz CT molecular complexity index is 1250. The maximum absolute atomic E-state index is 9.69. The highest BCUT2D eigenvalue weighted by Gasteiger charge is 2.19. The monoisotopic (exact) mass is 489 g/mol. The maximum Gasteiger partial charge on any atom is 0.192 e. The van der Waals surface area contributed by atoms with Crippen molar-refractivity contribution in [3.05, 3.63) is 48.2 Å². The Balaban J connectivity index is 1.53. The number of pyridine rings is 1. The van der Waals surface area contributed by atoms with Crippen LogP contribution in [0.4, 0.5) is 11.4 Å². The van der Waals surface area contributed by atoms with Crippen LogP contribution in [0.15, 0.2) is 42.6 Å². The number of rotatable bonds is 12. The summed E-state index contributed by atoms with van der Waals surface area (Å²) < 4.78 is 17.0. The van der Waals surface area contributed by atoms with Gasteiger partial charge in [-0.15, -0.1) is 0 Å². The van der Waals surface area contributed by atoms with Crippen LogP contribution in [-0.2, 0) is 0 Å². The van der Waals surface area contributed by atoms with Crippen LogP contribution < -0.4 is 24.8 Å². The molecule has 1 aliphatic carbocycles. The smallest absolute Gasteiger partial charge is 0.192 e. The molecule has 180 valence electrons. The number of hydrogen-bond acceptors (Lipinski definition) is 9. The number of fused-ring (bicyclic) bond motifs is 1. The van der Waals surface area contributed by atoms with Crippen molar-refractivity contribution in [3.8, 4) is 23.3 Å². The Morgan fingerprint density at radius 1 is 1.26 bits per heavy atom. The highest BCUT2D eigenvalue weighted by atomic mass is 32.1. The van der Waals surface area contributed by atoms with Crippen molar-refractivity contribution in [2.45, 2.75) is 31.7 Å². The number of thiocarbonyl (C=S) groups is 1. The minimum Gasteiger partial charge on any atom is -0.493 e. The van der Waals surface area contributed by atoms with Gasteiger partial charge in [0.05, 0.1) is 36.9 Å². The first-order valence-electron chi connectivity index (χ1n) is 11.4. The average molecular weight is 490 g/mol. The molecule has 1 heterocycles. The largest absolute Gasteiger partial charge is 0.493 e. The summed E-state index contributed by atoms with van der Waals surface area (Å²) in [4.78, 5) is 4.46. The van der Waals surface area contributed by atoms with Crippen molar-refractivity contribution >= 4 is 45.8 Å². The van der Waals surface area contributed by atoms with Crippen LogP contribution in [0.3, 0.4) is 0 Å². The Kier molecular flexibility index (Phi) is 8.08. The minimum atomic E-state index is 0.0805. The van der Waals surface area contributed by atoms with E-state index in [1.54, 1.807) is 25.4 Å². The number of nitriles is 1. The summed E-state index contributed by atoms with van der Waals surface area (Å²) in [5.74, 6) is 1.81. The van der Waals surface area contributed by atoms with Gasteiger partial charge in [0.15, 0.2) is 17.4 Å². The number of methoxy groups -OCH3 is 1. The maximum atomic E-state index is 9.69. The lowest BCUT2D eigenvalue weighted by Gasteiger charge is -2.16. The van der Waals surface area contributed by atoms with E-state index >= 15 is 0 Å². The second-order valence-corrected chi connectivity index (χ2v) is 8.49. The van der Waals surface area contributed by atoms with E-state index in [1.807, 2.05) is 24.3 Å². The first kappa shape index (κ1) is 24.4. The zero-order valence-electron chi connectivity index (χ0n) is 19.5. The van der Waals surface area contributed by atoms with E-state index in [0.29, 0.717) is 46.7 Å². The van der Waals surface area contributed by atoms with Crippen LogP contribution in [0.5, 0.6) is 17.2 Å². The molecule has 1 fully saturated rings. The molecule has 0 spiro atoms. The van der Waals surface area contributed by atoms with Gasteiger partial charge in [0.2, 0.25) is 0 Å². The van der Waals surface area contributed by atoms with Gasteiger partial charge < -0.3 is 24.8 Å². The molecule has 1 aliphatic rings. The molecule has 8 nitrogen and oxygen atoms in total. The third-order valence-electron chi connectivity index (χ3n) is 5.50. The summed E-state index contributed by atoms with van der Waals surface area (Å²) in [5.41, 5.74) is 2.47. The normalized spacial score (nSPS) is 12.6. The molecule has 0 aliphatic heterocycles. The molecule has 3 aromatic rings. The first-order valence-corrected chi connectivity index (χ1v) is 11.9. The van der Waals surface area contributed by atoms with E-state index in [0.717, 1.165) is 24.0 Å². The summed E-state index contributed by atoms with van der Waals surface area (Å²) in [6.45, 7) is 1.50. The van der Waals surface area contributed by atoms with E-state index in [9.17, 15) is 5.26 Å². The highest BCUT2D eigenvalue weighted by Crippen LogP contribution is 2.37. The van der Waals surface area contributed by atoms with Crippen molar-refractivity contribution in [2.75, 3.05) is 25.6 Å². The Hall–Kier alpha value is -3.74. The SMILES string of the molecule is COc1cc2c(Nc3ccc(OC(=N)CC=S)cc3)c(C#N)cnc2cc1OCCCNC1CC1. The number of benzene rings is 2. The molecule has 0 saturated heterocycles. The minimum absolute atomic E-state index is 0.0805. The molecule has 0 atom stereocenters. The lowest BCUT2D eigenvalue weighted by molar-refractivity contribution is 0.288. The topological polar surface area (TPSA) is 112 Å². The summed E-state index contributed by atoms with van der Waals surface area (Å²) in [6, 6.07) is 13.7. The molecule has 1 saturated carbocycles. The van der Waals surface area contributed by atoms with E-state index in [1.165, 1.54) is 18.2 Å². The standard InChI is InChI=1S/C26H27N5O3S/c1-32-23-13-21-22(14-24(23)33-11-2-10-29-18-3-4-18)30-16-17(15-27)26(21)31-19-5-7-20(8-6-19)34-25(28)9-12-35/h5-8,12-14,16,18,28-29H,2-4,9-11H2,1H3,(H,30,31). The zero-order valence-corrected chi connectivity index (χ0v) is 20.3.